The van der Waals surface area contributed by atoms with Crippen molar-refractivity contribution in [2.45, 2.75) is 0 Å². The second kappa shape index (κ2) is 2.29. The van der Waals surface area contributed by atoms with Gasteiger partial charge in [0, 0.05) is 6.20 Å². The zero-order valence-electron chi connectivity index (χ0n) is 5.28. The van der Waals surface area contributed by atoms with Crippen molar-refractivity contribution < 1.29 is 0 Å². The van der Waals surface area contributed by atoms with Gasteiger partial charge in [-0.3, -0.25) is 9.89 Å². The van der Waals surface area contributed by atoms with Crippen molar-refractivity contribution >= 4 is 28.4 Å². The fraction of sp³-hybridized carbons (Fsp3) is 0. The van der Waals surface area contributed by atoms with Crippen LogP contribution in [0.1, 0.15) is 0 Å². The van der Waals surface area contributed by atoms with E-state index in [0.29, 0.717) is 9.35 Å². The number of nitrogens with one attached hydrogen (secondary N) is 1. The third-order valence-electron chi connectivity index (χ3n) is 1.27. The molecule has 2 aromatic rings. The molecule has 0 spiro atoms. The smallest absolute Gasteiger partial charge is 0.278 e. The predicted octanol–water partition coefficient (Wildman–Crippen LogP) is 0.0222. The van der Waals surface area contributed by atoms with E-state index < -0.39 is 0 Å². The topological polar surface area (TPSA) is 63.0 Å². The van der Waals surface area contributed by atoms with Gasteiger partial charge in [-0.05, 0) is 22.6 Å². The number of fused-ring (bicyclic) bond motifs is 1. The highest BCUT2D eigenvalue weighted by molar-refractivity contribution is 14.1. The lowest BCUT2D eigenvalue weighted by Crippen LogP contribution is -2.17. The normalized spacial score (nSPS) is 10.6. The van der Waals surface area contributed by atoms with E-state index in [9.17, 15) is 4.79 Å². The molecule has 0 amide bonds. The van der Waals surface area contributed by atoms with E-state index in [-0.39, 0.29) is 5.56 Å². The molecule has 56 valence electrons. The van der Waals surface area contributed by atoms with Crippen molar-refractivity contribution in [1.29, 1.82) is 0 Å². The van der Waals surface area contributed by atoms with Crippen molar-refractivity contribution in [3.8, 4) is 0 Å². The summed E-state index contributed by atoms with van der Waals surface area (Å²) in [7, 11) is 0. The molecule has 0 aromatic carbocycles. The Labute approximate surface area is 74.6 Å². The van der Waals surface area contributed by atoms with Gasteiger partial charge in [0.1, 0.15) is 6.33 Å². The third kappa shape index (κ3) is 0.934. The van der Waals surface area contributed by atoms with Gasteiger partial charge in [-0.1, -0.05) is 0 Å². The molecule has 0 bridgehead atoms. The van der Waals surface area contributed by atoms with Crippen LogP contribution in [-0.2, 0) is 0 Å². The molecule has 0 radical (unpaired) electrons. The van der Waals surface area contributed by atoms with E-state index in [1.54, 1.807) is 0 Å². The van der Waals surface area contributed by atoms with Crippen LogP contribution in [-0.4, -0.2) is 19.6 Å². The maximum atomic E-state index is 11.2. The zero-order chi connectivity index (χ0) is 7.84. The Hall–Kier alpha value is -0.920. The summed E-state index contributed by atoms with van der Waals surface area (Å²) < 4.78 is 1.87. The summed E-state index contributed by atoms with van der Waals surface area (Å²) >= 11 is 1.93. The van der Waals surface area contributed by atoms with Crippen molar-refractivity contribution in [2.24, 2.45) is 0 Å². The summed E-state index contributed by atoms with van der Waals surface area (Å²) in [4.78, 5) is 19.0. The van der Waals surface area contributed by atoms with Gasteiger partial charge in [0.25, 0.3) is 11.3 Å². The predicted molar refractivity (Wildman–Crippen MR) is 46.3 cm³/mol. The van der Waals surface area contributed by atoms with Crippen LogP contribution in [0.4, 0.5) is 0 Å². The second-order valence-electron chi connectivity index (χ2n) is 1.93. The average Bonchev–Trinajstić information content (AvgIpc) is 2.45. The minimum absolute atomic E-state index is 0.117. The van der Waals surface area contributed by atoms with Crippen molar-refractivity contribution in [3.63, 3.8) is 0 Å². The van der Waals surface area contributed by atoms with Gasteiger partial charge in [-0.2, -0.15) is 4.52 Å². The standard InChI is InChI=1S/C5H3IN4O/c6-3-1-7-5-8-2-9-10(5)4(3)11/h1-2H,(H,7,8,9). The number of hydrogen-bond donors (Lipinski definition) is 1. The first-order chi connectivity index (χ1) is 5.29. The summed E-state index contributed by atoms with van der Waals surface area (Å²) in [6.45, 7) is 0. The molecule has 2 heterocycles. The van der Waals surface area contributed by atoms with E-state index in [2.05, 4.69) is 15.1 Å². The van der Waals surface area contributed by atoms with Crippen LogP contribution in [0.3, 0.4) is 0 Å². The molecule has 0 aliphatic rings. The van der Waals surface area contributed by atoms with Gasteiger partial charge < -0.3 is 0 Å². The number of aromatic amines is 1. The number of aromatic nitrogens is 4. The van der Waals surface area contributed by atoms with Gasteiger partial charge in [0.15, 0.2) is 0 Å². The molecule has 6 heteroatoms. The Kier molecular flexibility index (Phi) is 1.41. The van der Waals surface area contributed by atoms with Gasteiger partial charge >= 0.3 is 0 Å². The van der Waals surface area contributed by atoms with Crippen LogP contribution in [0, 0.1) is 3.57 Å². The molecule has 0 atom stereocenters. The quantitative estimate of drug-likeness (QED) is 0.681. The minimum atomic E-state index is -0.117. The van der Waals surface area contributed by atoms with E-state index in [0.717, 1.165) is 0 Å². The molecule has 0 fully saturated rings. The molecule has 0 aliphatic heterocycles. The molecule has 2 aromatic heterocycles. The molecule has 0 unspecified atom stereocenters. The molecular weight excluding hydrogens is 259 g/mol. The van der Waals surface area contributed by atoms with E-state index >= 15 is 0 Å². The van der Waals surface area contributed by atoms with Gasteiger partial charge in [0.2, 0.25) is 0 Å². The fourth-order valence-electron chi connectivity index (χ4n) is 0.777. The minimum Gasteiger partial charge on any atom is -0.278 e. The highest BCUT2D eigenvalue weighted by atomic mass is 127. The molecular formula is C5H3IN4O. The van der Waals surface area contributed by atoms with E-state index in [1.165, 1.54) is 17.0 Å². The van der Waals surface area contributed by atoms with Crippen LogP contribution in [0.5, 0.6) is 0 Å². The molecule has 2 rings (SSSR count). The average molecular weight is 262 g/mol. The summed E-state index contributed by atoms with van der Waals surface area (Å²) in [6.07, 6.45) is 2.93. The largest absolute Gasteiger partial charge is 0.287 e. The molecule has 0 aliphatic carbocycles. The summed E-state index contributed by atoms with van der Waals surface area (Å²) in [6, 6.07) is 0. The Morgan fingerprint density at radius 1 is 1.55 bits per heavy atom. The van der Waals surface area contributed by atoms with Crippen LogP contribution in [0.25, 0.3) is 5.78 Å². The highest BCUT2D eigenvalue weighted by Crippen LogP contribution is 1.94. The van der Waals surface area contributed by atoms with Crippen LogP contribution >= 0.6 is 22.6 Å². The van der Waals surface area contributed by atoms with E-state index in [4.69, 9.17) is 0 Å². The third-order valence-corrected chi connectivity index (χ3v) is 2.01. The first-order valence-electron chi connectivity index (χ1n) is 2.85. The lowest BCUT2D eigenvalue weighted by molar-refractivity contribution is 0.890. The highest BCUT2D eigenvalue weighted by Gasteiger charge is 2.01. The number of nitrogens with zero attached hydrogens (tertiary/aromatic N) is 3. The Bertz CT molecular complexity index is 445. The maximum absolute atomic E-state index is 11.2. The van der Waals surface area contributed by atoms with Crippen LogP contribution in [0.15, 0.2) is 17.3 Å². The zero-order valence-corrected chi connectivity index (χ0v) is 7.44. The first kappa shape index (κ1) is 6.77. The Morgan fingerprint density at radius 2 is 2.36 bits per heavy atom. The van der Waals surface area contributed by atoms with Crippen molar-refractivity contribution in [3.05, 3.63) is 26.4 Å². The second-order valence-corrected chi connectivity index (χ2v) is 3.10. The Balaban J connectivity index is 3.05. The van der Waals surface area contributed by atoms with Gasteiger partial charge in [-0.15, -0.1) is 0 Å². The Morgan fingerprint density at radius 3 is 3.18 bits per heavy atom. The maximum Gasteiger partial charge on any atom is 0.287 e. The van der Waals surface area contributed by atoms with E-state index in [1.807, 2.05) is 22.6 Å². The summed E-state index contributed by atoms with van der Waals surface area (Å²) in [5, 5.41) is 2.65. The lowest BCUT2D eigenvalue weighted by Gasteiger charge is -1.89. The number of H-pyrrole nitrogens is 1. The van der Waals surface area contributed by atoms with Gasteiger partial charge in [0.05, 0.1) is 3.57 Å². The SMILES string of the molecule is O=c1c(I)cnc2nc[nH]n12. The monoisotopic (exact) mass is 262 g/mol. The molecule has 0 saturated carbocycles. The molecule has 5 nitrogen and oxygen atoms in total. The van der Waals surface area contributed by atoms with Crippen LogP contribution < -0.4 is 5.56 Å². The number of halogens is 1. The van der Waals surface area contributed by atoms with Crippen molar-refractivity contribution in [1.82, 2.24) is 19.6 Å². The molecule has 1 N–H and O–H groups in total. The fourth-order valence-corrected chi connectivity index (χ4v) is 1.16. The number of hydrogen-bond acceptors (Lipinski definition) is 3. The van der Waals surface area contributed by atoms with Gasteiger partial charge in [-0.25, -0.2) is 9.97 Å². The van der Waals surface area contributed by atoms with Crippen molar-refractivity contribution in [2.75, 3.05) is 0 Å². The molecule has 0 saturated heterocycles. The molecule has 11 heavy (non-hydrogen) atoms. The lowest BCUT2D eigenvalue weighted by atomic mass is 10.7. The number of rotatable bonds is 0. The first-order valence-corrected chi connectivity index (χ1v) is 3.93. The van der Waals surface area contributed by atoms with Crippen LogP contribution in [0.2, 0.25) is 0 Å². The summed E-state index contributed by atoms with van der Waals surface area (Å²) in [5.41, 5.74) is -0.117. The summed E-state index contributed by atoms with van der Waals surface area (Å²) in [5.74, 6) is 0.399.